The molecule has 0 saturated carbocycles. The van der Waals surface area contributed by atoms with Gasteiger partial charge in [0.2, 0.25) is 5.91 Å². The van der Waals surface area contributed by atoms with Crippen LogP contribution < -0.4 is 10.6 Å². The summed E-state index contributed by atoms with van der Waals surface area (Å²) in [4.78, 5) is 32.6. The maximum Gasteiger partial charge on any atom is 0.393 e. The summed E-state index contributed by atoms with van der Waals surface area (Å²) in [6, 6.07) is 9.13. The van der Waals surface area contributed by atoms with E-state index >= 15 is 0 Å². The summed E-state index contributed by atoms with van der Waals surface area (Å²) < 4.78 is 47.5. The number of amides is 1. The minimum Gasteiger partial charge on any atom is -0.358 e. The molecule has 1 unspecified atom stereocenters. The minimum absolute atomic E-state index is 0.0987. The molecule has 2 aliphatic heterocycles. The normalized spacial score (nSPS) is 19.8. The van der Waals surface area contributed by atoms with E-state index in [0.29, 0.717) is 53.6 Å². The van der Waals surface area contributed by atoms with E-state index in [0.717, 1.165) is 30.4 Å². The minimum atomic E-state index is -4.25. The lowest BCUT2D eigenvalue weighted by Crippen LogP contribution is -2.44. The lowest BCUT2D eigenvalue weighted by atomic mass is 9.97. The Bertz CT molecular complexity index is 1600. The molecule has 226 valence electrons. The third-order valence-corrected chi connectivity index (χ3v) is 8.00. The van der Waals surface area contributed by atoms with Crippen LogP contribution in [0.4, 0.5) is 30.4 Å². The van der Waals surface area contributed by atoms with E-state index < -0.39 is 12.1 Å². The fourth-order valence-corrected chi connectivity index (χ4v) is 5.73. The van der Waals surface area contributed by atoms with E-state index in [1.54, 1.807) is 29.6 Å². The van der Waals surface area contributed by atoms with Crippen LogP contribution in [-0.2, 0) is 9.53 Å². The molecule has 1 amide bonds. The standard InChI is InChI=1S/C30H33F3N8O2/c1-19-9-10-21(38-24(42)16-40-12-5-6-20(15-40)30(31,32)33)14-23(19)39-28-22(7-4-11-34-28)26-27-29(36-17-35-26)41(18-37-27)25-8-2-3-13-43-25/h4,7,9-11,14,17-18,20,25H,2-3,5-6,8,12-13,15-16H2,1H3,(H,34,39)(H,38,42)/t20-,25?/m0/s1. The quantitative estimate of drug-likeness (QED) is 0.274. The van der Waals surface area contributed by atoms with Crippen molar-refractivity contribution in [2.45, 2.75) is 51.4 Å². The highest BCUT2D eigenvalue weighted by atomic mass is 19.4. The number of likely N-dealkylation sites (tertiary alicyclic amines) is 1. The van der Waals surface area contributed by atoms with Crippen molar-refractivity contribution in [3.63, 3.8) is 0 Å². The Hall–Kier alpha value is -4.10. The number of imidazole rings is 1. The lowest BCUT2D eigenvalue weighted by molar-refractivity contribution is -0.186. The zero-order chi connectivity index (χ0) is 30.0. The van der Waals surface area contributed by atoms with Gasteiger partial charge in [-0.3, -0.25) is 14.3 Å². The number of carbonyl (C=O) groups is 1. The highest BCUT2D eigenvalue weighted by Crippen LogP contribution is 2.35. The largest absolute Gasteiger partial charge is 0.393 e. The fourth-order valence-electron chi connectivity index (χ4n) is 5.73. The van der Waals surface area contributed by atoms with Crippen molar-refractivity contribution in [2.75, 3.05) is 36.9 Å². The van der Waals surface area contributed by atoms with E-state index in [1.807, 2.05) is 29.7 Å². The number of carbonyl (C=O) groups excluding carboxylic acids is 1. The van der Waals surface area contributed by atoms with Gasteiger partial charge in [0.25, 0.3) is 0 Å². The number of nitrogens with zero attached hydrogens (tertiary/aromatic N) is 6. The van der Waals surface area contributed by atoms with Crippen LogP contribution in [0.15, 0.2) is 49.2 Å². The smallest absolute Gasteiger partial charge is 0.358 e. The SMILES string of the molecule is Cc1ccc(NC(=O)CN2CCC[C@H](C(F)(F)F)C2)cc1Nc1ncccc1-c1ncnc2c1ncn2C1CCCCO1. The summed E-state index contributed by atoms with van der Waals surface area (Å²) in [5.41, 5.74) is 4.80. The number of pyridine rings is 1. The highest BCUT2D eigenvalue weighted by Gasteiger charge is 2.42. The Balaban J connectivity index is 1.20. The molecule has 2 fully saturated rings. The van der Waals surface area contributed by atoms with Gasteiger partial charge >= 0.3 is 6.18 Å². The summed E-state index contributed by atoms with van der Waals surface area (Å²) >= 11 is 0. The van der Waals surface area contributed by atoms with Crippen molar-refractivity contribution in [1.29, 1.82) is 0 Å². The molecule has 0 radical (unpaired) electrons. The summed E-state index contributed by atoms with van der Waals surface area (Å²) in [5.74, 6) is -1.22. The molecule has 0 spiro atoms. The Morgan fingerprint density at radius 2 is 1.98 bits per heavy atom. The average Bonchev–Trinajstić information content (AvgIpc) is 3.44. The van der Waals surface area contributed by atoms with Gasteiger partial charge in [-0.05, 0) is 75.4 Å². The van der Waals surface area contributed by atoms with Crippen molar-refractivity contribution >= 4 is 34.3 Å². The Kier molecular flexibility index (Phi) is 8.26. The molecule has 3 aromatic heterocycles. The maximum atomic E-state index is 13.2. The first-order valence-corrected chi connectivity index (χ1v) is 14.5. The molecule has 2 aliphatic rings. The third kappa shape index (κ3) is 6.47. The number of nitrogens with one attached hydrogen (secondary N) is 2. The van der Waals surface area contributed by atoms with Gasteiger partial charge < -0.3 is 15.4 Å². The first-order valence-electron chi connectivity index (χ1n) is 14.5. The summed E-state index contributed by atoms with van der Waals surface area (Å²) in [6.45, 7) is 2.83. The highest BCUT2D eigenvalue weighted by molar-refractivity contribution is 5.94. The van der Waals surface area contributed by atoms with E-state index in [4.69, 9.17) is 4.74 Å². The van der Waals surface area contributed by atoms with Crippen LogP contribution in [0.3, 0.4) is 0 Å². The van der Waals surface area contributed by atoms with Gasteiger partial charge in [0.05, 0.1) is 18.8 Å². The predicted octanol–water partition coefficient (Wildman–Crippen LogP) is 5.85. The molecule has 1 aromatic carbocycles. The van der Waals surface area contributed by atoms with E-state index in [1.165, 1.54) is 6.33 Å². The number of anilines is 3. The molecule has 43 heavy (non-hydrogen) atoms. The number of benzene rings is 1. The van der Waals surface area contributed by atoms with Crippen LogP contribution in [0, 0.1) is 12.8 Å². The van der Waals surface area contributed by atoms with Crippen molar-refractivity contribution in [3.8, 4) is 11.3 Å². The molecule has 13 heteroatoms. The van der Waals surface area contributed by atoms with E-state index in [2.05, 4.69) is 30.6 Å². The molecule has 6 rings (SSSR count). The van der Waals surface area contributed by atoms with Gasteiger partial charge in [-0.1, -0.05) is 6.07 Å². The Morgan fingerprint density at radius 1 is 1.09 bits per heavy atom. The van der Waals surface area contributed by atoms with Crippen LogP contribution in [0.1, 0.15) is 43.9 Å². The van der Waals surface area contributed by atoms with Crippen molar-refractivity contribution in [3.05, 3.63) is 54.7 Å². The summed E-state index contributed by atoms with van der Waals surface area (Å²) in [6.07, 6.45) is 4.08. The van der Waals surface area contributed by atoms with Gasteiger partial charge in [0, 0.05) is 36.3 Å². The molecular weight excluding hydrogens is 561 g/mol. The van der Waals surface area contributed by atoms with Crippen molar-refractivity contribution in [2.24, 2.45) is 5.92 Å². The molecule has 2 saturated heterocycles. The second-order valence-electron chi connectivity index (χ2n) is 11.1. The number of hydrogen-bond donors (Lipinski definition) is 2. The van der Waals surface area contributed by atoms with Crippen LogP contribution >= 0.6 is 0 Å². The summed E-state index contributed by atoms with van der Waals surface area (Å²) in [5, 5.41) is 6.21. The fraction of sp³-hybridized carbons (Fsp3) is 0.433. The average molecular weight is 595 g/mol. The molecule has 0 aliphatic carbocycles. The second-order valence-corrected chi connectivity index (χ2v) is 11.1. The van der Waals surface area contributed by atoms with Crippen LogP contribution in [0.5, 0.6) is 0 Å². The maximum absolute atomic E-state index is 13.2. The van der Waals surface area contributed by atoms with Gasteiger partial charge in [-0.25, -0.2) is 19.9 Å². The van der Waals surface area contributed by atoms with Gasteiger partial charge in [-0.15, -0.1) is 0 Å². The number of alkyl halides is 3. The first-order chi connectivity index (χ1) is 20.8. The van der Waals surface area contributed by atoms with Gasteiger partial charge in [0.15, 0.2) is 5.65 Å². The zero-order valence-electron chi connectivity index (χ0n) is 23.8. The zero-order valence-corrected chi connectivity index (χ0v) is 23.8. The molecule has 5 heterocycles. The van der Waals surface area contributed by atoms with Crippen LogP contribution in [0.25, 0.3) is 22.4 Å². The monoisotopic (exact) mass is 594 g/mol. The number of rotatable bonds is 7. The molecular formula is C30H33F3N8O2. The van der Waals surface area contributed by atoms with Crippen molar-refractivity contribution < 1.29 is 22.7 Å². The number of ether oxygens (including phenoxy) is 1. The van der Waals surface area contributed by atoms with E-state index in [-0.39, 0.29) is 31.6 Å². The number of hydrogen-bond acceptors (Lipinski definition) is 8. The van der Waals surface area contributed by atoms with Crippen LogP contribution in [0.2, 0.25) is 0 Å². The second kappa shape index (κ2) is 12.3. The molecule has 4 aromatic rings. The Morgan fingerprint density at radius 3 is 2.79 bits per heavy atom. The lowest BCUT2D eigenvalue weighted by Gasteiger charge is -2.33. The molecule has 0 bridgehead atoms. The van der Waals surface area contributed by atoms with Gasteiger partial charge in [-0.2, -0.15) is 13.2 Å². The number of aromatic nitrogens is 5. The Labute approximate surface area is 246 Å². The number of halogens is 3. The number of fused-ring (bicyclic) bond motifs is 1. The third-order valence-electron chi connectivity index (χ3n) is 8.00. The number of piperidine rings is 1. The van der Waals surface area contributed by atoms with Crippen molar-refractivity contribution in [1.82, 2.24) is 29.4 Å². The molecule has 2 atom stereocenters. The van der Waals surface area contributed by atoms with Gasteiger partial charge in [0.1, 0.15) is 29.6 Å². The molecule has 2 N–H and O–H groups in total. The topological polar surface area (TPSA) is 110 Å². The van der Waals surface area contributed by atoms with E-state index in [9.17, 15) is 18.0 Å². The van der Waals surface area contributed by atoms with Crippen LogP contribution in [-0.4, -0.2) is 67.7 Å². The summed E-state index contributed by atoms with van der Waals surface area (Å²) in [7, 11) is 0. The number of aryl methyl sites for hydroxylation is 1. The molecule has 10 nitrogen and oxygen atoms in total. The predicted molar refractivity (Wildman–Crippen MR) is 156 cm³/mol. The first kappa shape index (κ1) is 29.0.